The largest absolute Gasteiger partial charge is 0.336 e. The Morgan fingerprint density at radius 3 is 2.32 bits per heavy atom. The SMILES string of the molecule is CC1CN(C(=O)c2ccc(CN3CCN(C)CC3)cc2)CCN1.Cl.Cl. The summed E-state index contributed by atoms with van der Waals surface area (Å²) in [6.45, 7) is 10.1. The third-order valence-electron chi connectivity index (χ3n) is 4.86. The summed E-state index contributed by atoms with van der Waals surface area (Å²) in [7, 11) is 2.18. The van der Waals surface area contributed by atoms with Crippen molar-refractivity contribution in [3.63, 3.8) is 0 Å². The van der Waals surface area contributed by atoms with Gasteiger partial charge in [0.1, 0.15) is 0 Å². The van der Waals surface area contributed by atoms with E-state index in [0.29, 0.717) is 6.04 Å². The molecular formula is C18H30Cl2N4O. The molecule has 5 nitrogen and oxygen atoms in total. The van der Waals surface area contributed by atoms with E-state index in [2.05, 4.69) is 41.2 Å². The zero-order valence-electron chi connectivity index (χ0n) is 15.1. The average Bonchev–Trinajstić information content (AvgIpc) is 2.57. The summed E-state index contributed by atoms with van der Waals surface area (Å²) in [4.78, 5) is 19.4. The average molecular weight is 389 g/mol. The lowest BCUT2D eigenvalue weighted by Gasteiger charge is -2.32. The fourth-order valence-corrected chi connectivity index (χ4v) is 3.32. The second kappa shape index (κ2) is 10.3. The lowest BCUT2D eigenvalue weighted by Crippen LogP contribution is -2.51. The molecule has 2 fully saturated rings. The number of carbonyl (C=O) groups is 1. The lowest BCUT2D eigenvalue weighted by atomic mass is 10.1. The summed E-state index contributed by atoms with van der Waals surface area (Å²) in [5.74, 6) is 0.157. The third-order valence-corrected chi connectivity index (χ3v) is 4.86. The number of halogens is 2. The number of piperazine rings is 2. The number of benzene rings is 1. The molecule has 3 rings (SSSR count). The first-order valence-electron chi connectivity index (χ1n) is 8.64. The van der Waals surface area contributed by atoms with Crippen LogP contribution in [0.4, 0.5) is 0 Å². The van der Waals surface area contributed by atoms with Crippen LogP contribution in [0.15, 0.2) is 24.3 Å². The van der Waals surface area contributed by atoms with Crippen molar-refractivity contribution in [2.75, 3.05) is 52.9 Å². The summed E-state index contributed by atoms with van der Waals surface area (Å²) in [6.07, 6.45) is 0. The minimum Gasteiger partial charge on any atom is -0.336 e. The molecule has 2 aliphatic rings. The van der Waals surface area contributed by atoms with E-state index in [1.807, 2.05) is 17.0 Å². The van der Waals surface area contributed by atoms with Crippen molar-refractivity contribution in [1.82, 2.24) is 20.0 Å². The van der Waals surface area contributed by atoms with Gasteiger partial charge in [-0.15, -0.1) is 24.8 Å². The van der Waals surface area contributed by atoms with E-state index in [-0.39, 0.29) is 30.7 Å². The molecule has 1 amide bonds. The number of amides is 1. The van der Waals surface area contributed by atoms with Crippen LogP contribution in [0.1, 0.15) is 22.8 Å². The quantitative estimate of drug-likeness (QED) is 0.855. The van der Waals surface area contributed by atoms with E-state index < -0.39 is 0 Å². The summed E-state index contributed by atoms with van der Waals surface area (Å²) in [6, 6.07) is 8.57. The van der Waals surface area contributed by atoms with Gasteiger partial charge in [-0.05, 0) is 31.7 Å². The van der Waals surface area contributed by atoms with Gasteiger partial charge in [0.2, 0.25) is 0 Å². The Morgan fingerprint density at radius 2 is 1.72 bits per heavy atom. The van der Waals surface area contributed by atoms with Crippen molar-refractivity contribution in [3.05, 3.63) is 35.4 Å². The van der Waals surface area contributed by atoms with Crippen molar-refractivity contribution in [1.29, 1.82) is 0 Å². The van der Waals surface area contributed by atoms with Crippen LogP contribution < -0.4 is 5.32 Å². The summed E-state index contributed by atoms with van der Waals surface area (Å²) < 4.78 is 0. The Morgan fingerprint density at radius 1 is 1.08 bits per heavy atom. The van der Waals surface area contributed by atoms with E-state index in [1.165, 1.54) is 5.56 Å². The van der Waals surface area contributed by atoms with E-state index in [0.717, 1.165) is 57.9 Å². The minimum absolute atomic E-state index is 0. The molecule has 7 heteroatoms. The van der Waals surface area contributed by atoms with Crippen LogP contribution in [0.3, 0.4) is 0 Å². The highest BCUT2D eigenvalue weighted by molar-refractivity contribution is 5.94. The van der Waals surface area contributed by atoms with Crippen molar-refractivity contribution in [2.24, 2.45) is 0 Å². The fraction of sp³-hybridized carbons (Fsp3) is 0.611. The predicted molar refractivity (Wildman–Crippen MR) is 107 cm³/mol. The fourth-order valence-electron chi connectivity index (χ4n) is 3.32. The van der Waals surface area contributed by atoms with Crippen molar-refractivity contribution < 1.29 is 4.79 Å². The standard InChI is InChI=1S/C18H28N4O.2ClH/c1-15-13-22(8-7-19-15)18(23)17-5-3-16(4-6-17)14-21-11-9-20(2)10-12-21;;/h3-6,15,19H,7-14H2,1-2H3;2*1H. The maximum Gasteiger partial charge on any atom is 0.253 e. The van der Waals surface area contributed by atoms with Gasteiger partial charge in [0, 0.05) is 64.0 Å². The third kappa shape index (κ3) is 6.12. The van der Waals surface area contributed by atoms with Crippen LogP contribution in [0.2, 0.25) is 0 Å². The number of nitrogens with one attached hydrogen (secondary N) is 1. The van der Waals surface area contributed by atoms with Gasteiger partial charge in [0.25, 0.3) is 5.91 Å². The van der Waals surface area contributed by atoms with Crippen LogP contribution in [-0.4, -0.2) is 79.5 Å². The minimum atomic E-state index is 0. The molecule has 1 aromatic rings. The molecule has 2 saturated heterocycles. The molecule has 25 heavy (non-hydrogen) atoms. The van der Waals surface area contributed by atoms with Gasteiger partial charge in [-0.2, -0.15) is 0 Å². The Hall–Kier alpha value is -0.850. The van der Waals surface area contributed by atoms with Crippen molar-refractivity contribution in [3.8, 4) is 0 Å². The first-order valence-corrected chi connectivity index (χ1v) is 8.64. The molecule has 1 unspecified atom stereocenters. The highest BCUT2D eigenvalue weighted by Crippen LogP contribution is 2.12. The molecule has 0 saturated carbocycles. The molecule has 2 aliphatic heterocycles. The smallest absolute Gasteiger partial charge is 0.253 e. The molecule has 142 valence electrons. The highest BCUT2D eigenvalue weighted by atomic mass is 35.5. The molecule has 0 bridgehead atoms. The Kier molecular flexibility index (Phi) is 9.17. The molecule has 0 aliphatic carbocycles. The molecular weight excluding hydrogens is 359 g/mol. The van der Waals surface area contributed by atoms with Gasteiger partial charge >= 0.3 is 0 Å². The number of hydrogen-bond acceptors (Lipinski definition) is 4. The molecule has 1 aromatic carbocycles. The summed E-state index contributed by atoms with van der Waals surface area (Å²) >= 11 is 0. The van der Waals surface area contributed by atoms with Crippen LogP contribution >= 0.6 is 24.8 Å². The molecule has 1 N–H and O–H groups in total. The summed E-state index contributed by atoms with van der Waals surface area (Å²) in [5, 5.41) is 3.37. The number of rotatable bonds is 3. The Bertz CT molecular complexity index is 532. The zero-order valence-corrected chi connectivity index (χ0v) is 16.7. The van der Waals surface area contributed by atoms with E-state index >= 15 is 0 Å². The van der Waals surface area contributed by atoms with Crippen LogP contribution in [0, 0.1) is 0 Å². The van der Waals surface area contributed by atoms with Gasteiger partial charge in [-0.25, -0.2) is 0 Å². The van der Waals surface area contributed by atoms with Crippen LogP contribution in [0.5, 0.6) is 0 Å². The Labute approximate surface area is 163 Å². The van der Waals surface area contributed by atoms with Crippen LogP contribution in [-0.2, 0) is 6.54 Å². The monoisotopic (exact) mass is 388 g/mol. The summed E-state index contributed by atoms with van der Waals surface area (Å²) in [5.41, 5.74) is 2.10. The number of hydrogen-bond donors (Lipinski definition) is 1. The topological polar surface area (TPSA) is 38.8 Å². The second-order valence-corrected chi connectivity index (χ2v) is 6.88. The van der Waals surface area contributed by atoms with E-state index in [1.54, 1.807) is 0 Å². The maximum atomic E-state index is 12.6. The van der Waals surface area contributed by atoms with E-state index in [9.17, 15) is 4.79 Å². The van der Waals surface area contributed by atoms with Gasteiger partial charge in [0.05, 0.1) is 0 Å². The number of nitrogens with zero attached hydrogens (tertiary/aromatic N) is 3. The predicted octanol–water partition coefficient (Wildman–Crippen LogP) is 1.71. The maximum absolute atomic E-state index is 12.6. The van der Waals surface area contributed by atoms with Gasteiger partial charge in [-0.3, -0.25) is 9.69 Å². The van der Waals surface area contributed by atoms with Gasteiger partial charge < -0.3 is 15.1 Å². The number of likely N-dealkylation sites (N-methyl/N-ethyl adjacent to an activating group) is 1. The first kappa shape index (κ1) is 22.2. The molecule has 2 heterocycles. The normalized spacial score (nSPS) is 22.0. The van der Waals surface area contributed by atoms with E-state index in [4.69, 9.17) is 0 Å². The molecule has 0 spiro atoms. The molecule has 0 radical (unpaired) electrons. The highest BCUT2D eigenvalue weighted by Gasteiger charge is 2.21. The molecule has 0 aromatic heterocycles. The van der Waals surface area contributed by atoms with Crippen LogP contribution in [0.25, 0.3) is 0 Å². The van der Waals surface area contributed by atoms with Gasteiger partial charge in [0.15, 0.2) is 0 Å². The van der Waals surface area contributed by atoms with Crippen molar-refractivity contribution >= 4 is 30.7 Å². The molecule has 1 atom stereocenters. The lowest BCUT2D eigenvalue weighted by molar-refractivity contribution is 0.0709. The van der Waals surface area contributed by atoms with Crippen molar-refractivity contribution in [2.45, 2.75) is 19.5 Å². The first-order chi connectivity index (χ1) is 11.1. The van der Waals surface area contributed by atoms with Gasteiger partial charge in [-0.1, -0.05) is 12.1 Å². The Balaban J connectivity index is 0.00000156. The second-order valence-electron chi connectivity index (χ2n) is 6.88. The number of carbonyl (C=O) groups excluding carboxylic acids is 1. The zero-order chi connectivity index (χ0) is 16.2.